The summed E-state index contributed by atoms with van der Waals surface area (Å²) in [4.78, 5) is 5.03. The molecule has 3 heteroatoms. The van der Waals surface area contributed by atoms with E-state index in [-0.39, 0.29) is 0 Å². The van der Waals surface area contributed by atoms with Crippen LogP contribution >= 0.6 is 11.6 Å². The first-order chi connectivity index (χ1) is 14.3. The Bertz CT molecular complexity index is 1260. The second-order valence-corrected chi connectivity index (χ2v) is 7.53. The van der Waals surface area contributed by atoms with Gasteiger partial charge < -0.3 is 4.40 Å². The lowest BCUT2D eigenvalue weighted by Gasteiger charge is -2.11. The van der Waals surface area contributed by atoms with Gasteiger partial charge in [0, 0.05) is 34.5 Å². The highest BCUT2D eigenvalue weighted by atomic mass is 35.5. The molecule has 0 unspecified atom stereocenters. The van der Waals surface area contributed by atoms with Crippen molar-refractivity contribution in [2.24, 2.45) is 0 Å². The van der Waals surface area contributed by atoms with Gasteiger partial charge in [0.2, 0.25) is 0 Å². The molecule has 3 aromatic carbocycles. The first kappa shape index (κ1) is 17.7. The molecule has 2 nitrogen and oxygen atoms in total. The monoisotopic (exact) mass is 394 g/mol. The number of aromatic nitrogens is 2. The fourth-order valence-electron chi connectivity index (χ4n) is 3.68. The molecule has 0 aliphatic rings. The molecule has 0 spiro atoms. The molecule has 0 N–H and O–H groups in total. The van der Waals surface area contributed by atoms with Crippen molar-refractivity contribution in [3.05, 3.63) is 120 Å². The fourth-order valence-corrected chi connectivity index (χ4v) is 3.81. The number of halogens is 1. The summed E-state index contributed by atoms with van der Waals surface area (Å²) in [7, 11) is 0. The third kappa shape index (κ3) is 3.55. The molecule has 0 amide bonds. The Morgan fingerprint density at radius 1 is 0.690 bits per heavy atom. The highest BCUT2D eigenvalue weighted by Gasteiger charge is 2.13. The minimum absolute atomic E-state index is 0.726. The Labute approximate surface area is 175 Å². The maximum Gasteiger partial charge on any atom is 0.0950 e. The number of benzene rings is 3. The van der Waals surface area contributed by atoms with Gasteiger partial charge in [-0.05, 0) is 29.8 Å². The number of hydrogen-bond donors (Lipinski definition) is 0. The standard InChI is InChI=1S/C26H19ClN2/c27-22-13-11-20(12-14-22)24-18-29-23(17-19-7-3-1-4-8-19)15-16-25(29)26(28-24)21-9-5-2-6-10-21/h1-16,18H,17H2. The van der Waals surface area contributed by atoms with E-state index < -0.39 is 0 Å². The summed E-state index contributed by atoms with van der Waals surface area (Å²) in [6.45, 7) is 0. The van der Waals surface area contributed by atoms with E-state index in [0.717, 1.165) is 39.5 Å². The van der Waals surface area contributed by atoms with Crippen LogP contribution in [-0.2, 0) is 6.42 Å². The maximum atomic E-state index is 6.09. The smallest absolute Gasteiger partial charge is 0.0950 e. The minimum atomic E-state index is 0.726. The number of nitrogens with zero attached hydrogens (tertiary/aromatic N) is 2. The zero-order chi connectivity index (χ0) is 19.6. The number of rotatable bonds is 4. The van der Waals surface area contributed by atoms with Gasteiger partial charge in [-0.15, -0.1) is 0 Å². The first-order valence-corrected chi connectivity index (χ1v) is 10.0. The predicted octanol–water partition coefficient (Wildman–Crippen LogP) is 6.91. The van der Waals surface area contributed by atoms with E-state index >= 15 is 0 Å². The highest BCUT2D eigenvalue weighted by Crippen LogP contribution is 2.29. The molecule has 0 aliphatic heterocycles. The summed E-state index contributed by atoms with van der Waals surface area (Å²) in [5.41, 5.74) is 7.71. The molecule has 0 aliphatic carbocycles. The van der Waals surface area contributed by atoms with Gasteiger partial charge in [-0.3, -0.25) is 0 Å². The van der Waals surface area contributed by atoms with Crippen molar-refractivity contribution >= 4 is 17.1 Å². The van der Waals surface area contributed by atoms with Crippen molar-refractivity contribution in [3.63, 3.8) is 0 Å². The number of fused-ring (bicyclic) bond motifs is 1. The van der Waals surface area contributed by atoms with Crippen molar-refractivity contribution in [1.82, 2.24) is 9.38 Å². The molecule has 0 bridgehead atoms. The zero-order valence-corrected chi connectivity index (χ0v) is 16.6. The van der Waals surface area contributed by atoms with E-state index in [9.17, 15) is 0 Å². The number of hydrogen-bond acceptors (Lipinski definition) is 1. The van der Waals surface area contributed by atoms with Gasteiger partial charge in [0.25, 0.3) is 0 Å². The Hall–Kier alpha value is -3.36. The normalized spacial score (nSPS) is 11.1. The van der Waals surface area contributed by atoms with Crippen LogP contribution in [0, 0.1) is 0 Å². The molecule has 5 rings (SSSR count). The second kappa shape index (κ2) is 7.57. The second-order valence-electron chi connectivity index (χ2n) is 7.09. The summed E-state index contributed by atoms with van der Waals surface area (Å²) >= 11 is 6.09. The molecule has 0 radical (unpaired) electrons. The molecule has 5 aromatic rings. The summed E-state index contributed by atoms with van der Waals surface area (Å²) in [5, 5.41) is 0.726. The van der Waals surface area contributed by atoms with Crippen LogP contribution in [0.15, 0.2) is 103 Å². The zero-order valence-electron chi connectivity index (χ0n) is 15.8. The molecular formula is C26H19ClN2. The summed E-state index contributed by atoms with van der Waals surface area (Å²) in [6.07, 6.45) is 3.00. The fraction of sp³-hybridized carbons (Fsp3) is 0.0385. The van der Waals surface area contributed by atoms with Crippen LogP contribution in [0.3, 0.4) is 0 Å². The summed E-state index contributed by atoms with van der Waals surface area (Å²) < 4.78 is 2.27. The Morgan fingerprint density at radius 2 is 1.38 bits per heavy atom. The Kier molecular flexibility index (Phi) is 4.63. The minimum Gasteiger partial charge on any atom is -0.316 e. The lowest BCUT2D eigenvalue weighted by Crippen LogP contribution is -1.99. The Morgan fingerprint density at radius 3 is 2.10 bits per heavy atom. The van der Waals surface area contributed by atoms with Gasteiger partial charge in [0.15, 0.2) is 0 Å². The molecular weight excluding hydrogens is 376 g/mol. The lowest BCUT2D eigenvalue weighted by molar-refractivity contribution is 1.01. The van der Waals surface area contributed by atoms with E-state index in [2.05, 4.69) is 77.3 Å². The predicted molar refractivity (Wildman–Crippen MR) is 120 cm³/mol. The maximum absolute atomic E-state index is 6.09. The molecule has 0 saturated heterocycles. The van der Waals surface area contributed by atoms with E-state index in [1.54, 1.807) is 0 Å². The first-order valence-electron chi connectivity index (χ1n) is 9.64. The molecule has 0 saturated carbocycles. The van der Waals surface area contributed by atoms with Gasteiger partial charge in [-0.25, -0.2) is 4.98 Å². The van der Waals surface area contributed by atoms with Crippen molar-refractivity contribution in [2.45, 2.75) is 6.42 Å². The largest absolute Gasteiger partial charge is 0.316 e. The van der Waals surface area contributed by atoms with Crippen LogP contribution < -0.4 is 0 Å². The molecule has 29 heavy (non-hydrogen) atoms. The summed E-state index contributed by atoms with van der Waals surface area (Å²) in [5.74, 6) is 0. The van der Waals surface area contributed by atoms with Crippen LogP contribution in [0.1, 0.15) is 11.3 Å². The van der Waals surface area contributed by atoms with Crippen LogP contribution in [-0.4, -0.2) is 9.38 Å². The molecule has 0 atom stereocenters. The van der Waals surface area contributed by atoms with E-state index in [1.165, 1.54) is 11.3 Å². The van der Waals surface area contributed by atoms with Crippen molar-refractivity contribution in [1.29, 1.82) is 0 Å². The lowest BCUT2D eigenvalue weighted by atomic mass is 10.1. The average molecular weight is 395 g/mol. The van der Waals surface area contributed by atoms with E-state index in [4.69, 9.17) is 16.6 Å². The highest BCUT2D eigenvalue weighted by molar-refractivity contribution is 6.30. The summed E-state index contributed by atoms with van der Waals surface area (Å²) in [6, 6.07) is 33.1. The third-order valence-electron chi connectivity index (χ3n) is 5.14. The molecule has 2 heterocycles. The van der Waals surface area contributed by atoms with Gasteiger partial charge >= 0.3 is 0 Å². The van der Waals surface area contributed by atoms with E-state index in [0.29, 0.717) is 0 Å². The molecule has 2 aromatic heterocycles. The third-order valence-corrected chi connectivity index (χ3v) is 5.40. The van der Waals surface area contributed by atoms with Crippen molar-refractivity contribution in [3.8, 4) is 22.5 Å². The molecule has 140 valence electrons. The van der Waals surface area contributed by atoms with Crippen LogP contribution in [0.4, 0.5) is 0 Å². The van der Waals surface area contributed by atoms with Crippen molar-refractivity contribution < 1.29 is 0 Å². The van der Waals surface area contributed by atoms with Gasteiger partial charge in [-0.2, -0.15) is 0 Å². The quantitative estimate of drug-likeness (QED) is 0.323. The SMILES string of the molecule is Clc1ccc(-c2cn3c(Cc4ccccc4)ccc3c(-c3ccccc3)n2)cc1. The van der Waals surface area contributed by atoms with Gasteiger partial charge in [-0.1, -0.05) is 84.4 Å². The Balaban J connectivity index is 1.71. The van der Waals surface area contributed by atoms with Gasteiger partial charge in [0.1, 0.15) is 0 Å². The van der Waals surface area contributed by atoms with Crippen LogP contribution in [0.2, 0.25) is 5.02 Å². The average Bonchev–Trinajstić information content (AvgIpc) is 3.18. The van der Waals surface area contributed by atoms with Crippen LogP contribution in [0.25, 0.3) is 28.0 Å². The van der Waals surface area contributed by atoms with Gasteiger partial charge in [0.05, 0.1) is 16.9 Å². The van der Waals surface area contributed by atoms with Crippen molar-refractivity contribution in [2.75, 3.05) is 0 Å². The van der Waals surface area contributed by atoms with E-state index in [1.807, 2.05) is 30.3 Å². The molecule has 0 fully saturated rings. The van der Waals surface area contributed by atoms with Crippen LogP contribution in [0.5, 0.6) is 0 Å². The topological polar surface area (TPSA) is 17.3 Å².